The predicted octanol–water partition coefficient (Wildman–Crippen LogP) is 18.3. The van der Waals surface area contributed by atoms with Crippen molar-refractivity contribution in [3.8, 4) is 39.1 Å². The first-order chi connectivity index (χ1) is 34.7. The maximum absolute atomic E-state index is 2.44. The Balaban J connectivity index is 0.925. The molecule has 70 heavy (non-hydrogen) atoms. The summed E-state index contributed by atoms with van der Waals surface area (Å²) >= 11 is 1.86. The fraction of sp³-hybridized carbons (Fsp3) is 0.0149. The van der Waals surface area contributed by atoms with Gasteiger partial charge in [0.2, 0.25) is 0 Å². The summed E-state index contributed by atoms with van der Waals surface area (Å²) in [6, 6.07) is 98.6. The first-order valence-corrected chi connectivity index (χ1v) is 24.9. The third kappa shape index (κ3) is 6.25. The van der Waals surface area contributed by atoms with Gasteiger partial charge in [0.05, 0.1) is 16.4 Å². The molecule has 0 atom stereocenters. The van der Waals surface area contributed by atoms with Crippen LogP contribution in [0.5, 0.6) is 0 Å². The lowest BCUT2D eigenvalue weighted by Crippen LogP contribution is -2.28. The molecule has 1 aliphatic rings. The molecule has 11 aromatic carbocycles. The normalized spacial score (nSPS) is 12.7. The maximum atomic E-state index is 2.44. The zero-order chi connectivity index (χ0) is 46.2. The van der Waals surface area contributed by atoms with E-state index < -0.39 is 5.41 Å². The van der Waals surface area contributed by atoms with Gasteiger partial charge in [0, 0.05) is 53.7 Å². The lowest BCUT2D eigenvalue weighted by molar-refractivity contribution is 0.768. The second kappa shape index (κ2) is 16.2. The van der Waals surface area contributed by atoms with Crippen LogP contribution >= 0.6 is 11.3 Å². The van der Waals surface area contributed by atoms with Crippen molar-refractivity contribution in [1.29, 1.82) is 0 Å². The number of anilines is 3. The minimum Gasteiger partial charge on any atom is -0.310 e. The van der Waals surface area contributed by atoms with Gasteiger partial charge in [-0.3, -0.25) is 0 Å². The Kier molecular flexibility index (Phi) is 9.33. The molecule has 2 heterocycles. The highest BCUT2D eigenvalue weighted by Crippen LogP contribution is 2.57. The van der Waals surface area contributed by atoms with E-state index in [0.717, 1.165) is 28.3 Å². The van der Waals surface area contributed by atoms with Gasteiger partial charge in [0.1, 0.15) is 0 Å². The second-order valence-electron chi connectivity index (χ2n) is 18.4. The summed E-state index contributed by atoms with van der Waals surface area (Å²) < 4.78 is 5.02. The Bertz CT molecular complexity index is 4030. The third-order valence-electron chi connectivity index (χ3n) is 14.7. The van der Waals surface area contributed by atoms with Crippen LogP contribution in [0.3, 0.4) is 0 Å². The van der Waals surface area contributed by atoms with E-state index in [0.29, 0.717) is 0 Å². The van der Waals surface area contributed by atoms with Crippen molar-refractivity contribution in [2.24, 2.45) is 0 Å². The molecule has 328 valence electrons. The van der Waals surface area contributed by atoms with E-state index in [1.54, 1.807) is 0 Å². The van der Waals surface area contributed by atoms with Crippen molar-refractivity contribution < 1.29 is 0 Å². The Morgan fingerprint density at radius 3 is 1.60 bits per heavy atom. The Morgan fingerprint density at radius 1 is 0.314 bits per heavy atom. The minimum absolute atomic E-state index is 0.475. The SMILES string of the molecule is c1ccc(C2(c3ccccc3)c3ccccc3-c3cc(N(c4ccc(-c5cccc(-n6c7ccccc7c7ccccc76)c5)cc4)c4cccc(-c5ccc6sc7ccccc7c6c5)c4)ccc32)cc1. The Hall–Kier alpha value is -8.76. The highest BCUT2D eigenvalue weighted by molar-refractivity contribution is 7.25. The number of thiophene rings is 1. The van der Waals surface area contributed by atoms with E-state index in [4.69, 9.17) is 0 Å². The van der Waals surface area contributed by atoms with E-state index in [1.807, 2.05) is 11.3 Å². The smallest absolute Gasteiger partial charge is 0.0713 e. The van der Waals surface area contributed by atoms with Crippen LogP contribution < -0.4 is 4.90 Å². The molecule has 13 aromatic rings. The zero-order valence-corrected chi connectivity index (χ0v) is 39.0. The molecular weight excluding hydrogens is 865 g/mol. The van der Waals surface area contributed by atoms with Crippen molar-refractivity contribution in [3.05, 3.63) is 289 Å². The van der Waals surface area contributed by atoms with Crippen LogP contribution in [0.2, 0.25) is 0 Å². The van der Waals surface area contributed by atoms with E-state index in [-0.39, 0.29) is 0 Å². The molecule has 0 saturated carbocycles. The second-order valence-corrected chi connectivity index (χ2v) is 19.5. The first-order valence-electron chi connectivity index (χ1n) is 24.1. The molecule has 1 aliphatic carbocycles. The number of hydrogen-bond donors (Lipinski definition) is 0. The summed E-state index contributed by atoms with van der Waals surface area (Å²) in [5, 5.41) is 5.14. The van der Waals surface area contributed by atoms with Crippen molar-refractivity contribution in [3.63, 3.8) is 0 Å². The van der Waals surface area contributed by atoms with E-state index in [1.165, 1.54) is 92.0 Å². The summed E-state index contributed by atoms with van der Waals surface area (Å²) in [6.07, 6.45) is 0. The van der Waals surface area contributed by atoms with Crippen molar-refractivity contribution >= 4 is 70.4 Å². The monoisotopic (exact) mass is 908 g/mol. The number of benzene rings is 11. The van der Waals surface area contributed by atoms with Gasteiger partial charge < -0.3 is 9.47 Å². The average molecular weight is 909 g/mol. The molecule has 0 saturated heterocycles. The van der Waals surface area contributed by atoms with E-state index >= 15 is 0 Å². The maximum Gasteiger partial charge on any atom is 0.0713 e. The number of hydrogen-bond acceptors (Lipinski definition) is 2. The van der Waals surface area contributed by atoms with Crippen LogP contribution in [0.1, 0.15) is 22.3 Å². The topological polar surface area (TPSA) is 8.17 Å². The molecule has 0 spiro atoms. The number of rotatable bonds is 8. The molecule has 2 nitrogen and oxygen atoms in total. The van der Waals surface area contributed by atoms with Gasteiger partial charge in [-0.25, -0.2) is 0 Å². The molecule has 0 unspecified atom stereocenters. The molecule has 2 aromatic heterocycles. The first kappa shape index (κ1) is 40.3. The lowest BCUT2D eigenvalue weighted by atomic mass is 9.68. The molecule has 0 amide bonds. The van der Waals surface area contributed by atoms with Crippen LogP contribution in [0.25, 0.3) is 81.0 Å². The van der Waals surface area contributed by atoms with Gasteiger partial charge in [-0.2, -0.15) is 0 Å². The number of nitrogens with zero attached hydrogens (tertiary/aromatic N) is 2. The molecule has 0 N–H and O–H groups in total. The van der Waals surface area contributed by atoms with Gasteiger partial charge in [-0.05, 0) is 134 Å². The van der Waals surface area contributed by atoms with E-state index in [9.17, 15) is 0 Å². The molecule has 0 bridgehead atoms. The third-order valence-corrected chi connectivity index (χ3v) is 15.8. The summed E-state index contributed by atoms with van der Waals surface area (Å²) in [4.78, 5) is 2.44. The summed E-state index contributed by atoms with van der Waals surface area (Å²) in [7, 11) is 0. The van der Waals surface area contributed by atoms with Crippen LogP contribution in [-0.4, -0.2) is 4.57 Å². The molecule has 0 aliphatic heterocycles. The van der Waals surface area contributed by atoms with E-state index in [2.05, 4.69) is 276 Å². The minimum atomic E-state index is -0.475. The highest BCUT2D eigenvalue weighted by Gasteiger charge is 2.46. The van der Waals surface area contributed by atoms with Crippen molar-refractivity contribution in [2.75, 3.05) is 4.90 Å². The Morgan fingerprint density at radius 2 is 0.857 bits per heavy atom. The summed E-state index contributed by atoms with van der Waals surface area (Å²) in [5.74, 6) is 0. The quantitative estimate of drug-likeness (QED) is 0.147. The van der Waals surface area contributed by atoms with Crippen molar-refractivity contribution in [1.82, 2.24) is 4.57 Å². The zero-order valence-electron chi connectivity index (χ0n) is 38.2. The fourth-order valence-corrected chi connectivity index (χ4v) is 12.7. The number of aromatic nitrogens is 1. The molecule has 14 rings (SSSR count). The average Bonchev–Trinajstić information content (AvgIpc) is 4.08. The molecular formula is C67H44N2S. The standard InChI is InChI=1S/C67H44N2S/c1-3-19-49(20-4-1)67(50-21-5-2-6-22-50)61-29-11-7-25-55(61)59-44-54(38-39-62(59)67)68(52-23-16-18-47(42-52)48-35-40-66-60(43-48)58-28-10-14-32-65(58)70-66)51-36-33-45(34-37-51)46-17-15-24-53(41-46)69-63-30-12-8-26-56(63)57-27-9-13-31-64(57)69/h1-44H. The number of fused-ring (bicyclic) bond motifs is 9. The summed E-state index contributed by atoms with van der Waals surface area (Å²) in [5.41, 5.74) is 18.7. The largest absolute Gasteiger partial charge is 0.310 e. The van der Waals surface area contributed by atoms with Crippen molar-refractivity contribution in [2.45, 2.75) is 5.41 Å². The van der Waals surface area contributed by atoms with Gasteiger partial charge in [0.15, 0.2) is 0 Å². The molecule has 3 heteroatoms. The van der Waals surface area contributed by atoms with Gasteiger partial charge in [-0.1, -0.05) is 188 Å². The van der Waals surface area contributed by atoms with Gasteiger partial charge >= 0.3 is 0 Å². The lowest BCUT2D eigenvalue weighted by Gasteiger charge is -2.34. The highest BCUT2D eigenvalue weighted by atomic mass is 32.1. The predicted molar refractivity (Wildman–Crippen MR) is 297 cm³/mol. The summed E-state index contributed by atoms with van der Waals surface area (Å²) in [6.45, 7) is 0. The van der Waals surface area contributed by atoms with Gasteiger partial charge in [0.25, 0.3) is 0 Å². The Labute approximate surface area is 411 Å². The molecule has 0 fully saturated rings. The number of para-hydroxylation sites is 2. The molecule has 0 radical (unpaired) electrons. The van der Waals surface area contributed by atoms with Crippen LogP contribution in [0.4, 0.5) is 17.1 Å². The van der Waals surface area contributed by atoms with Gasteiger partial charge in [-0.15, -0.1) is 11.3 Å². The van der Waals surface area contributed by atoms with Crippen LogP contribution in [0, 0.1) is 0 Å². The van der Waals surface area contributed by atoms with Crippen LogP contribution in [-0.2, 0) is 5.41 Å². The van der Waals surface area contributed by atoms with Crippen LogP contribution in [0.15, 0.2) is 267 Å². The fourth-order valence-electron chi connectivity index (χ4n) is 11.6.